The number of carbonyl (C=O) groups is 3. The number of carbonyl (C=O) groups excluding carboxylic acids is 3. The number of hydrogen-bond donors (Lipinski definition) is 0. The van der Waals surface area contributed by atoms with Gasteiger partial charge in [-0.2, -0.15) is 0 Å². The molecule has 1 aliphatic rings. The number of hydrogen-bond acceptors (Lipinski definition) is 3. The van der Waals surface area contributed by atoms with Crippen LogP contribution < -0.4 is 4.90 Å². The summed E-state index contributed by atoms with van der Waals surface area (Å²) in [7, 11) is 0. The lowest BCUT2D eigenvalue weighted by Crippen LogP contribution is -2.37. The first-order valence-electron chi connectivity index (χ1n) is 8.72. The summed E-state index contributed by atoms with van der Waals surface area (Å²) in [5, 5.41) is 0. The number of aryl methyl sites for hydroxylation is 3. The van der Waals surface area contributed by atoms with Gasteiger partial charge in [-0.05, 0) is 74.7 Å². The lowest BCUT2D eigenvalue weighted by atomic mass is 9.98. The zero-order valence-corrected chi connectivity index (χ0v) is 15.7. The lowest BCUT2D eigenvalue weighted by molar-refractivity contribution is -0.126. The Morgan fingerprint density at radius 1 is 1.00 bits per heavy atom. The highest BCUT2D eigenvalue weighted by Gasteiger charge is 2.44. The van der Waals surface area contributed by atoms with E-state index in [9.17, 15) is 18.8 Å². The van der Waals surface area contributed by atoms with Crippen molar-refractivity contribution in [2.45, 2.75) is 33.7 Å². The molecule has 0 spiro atoms. The van der Waals surface area contributed by atoms with E-state index in [1.165, 1.54) is 29.2 Å². The van der Waals surface area contributed by atoms with Crippen molar-refractivity contribution in [2.24, 2.45) is 0 Å². The minimum atomic E-state index is -0.753. The van der Waals surface area contributed by atoms with Crippen molar-refractivity contribution in [3.8, 4) is 0 Å². The second-order valence-corrected chi connectivity index (χ2v) is 6.90. The molecule has 0 radical (unpaired) electrons. The molecule has 140 valence electrons. The van der Waals surface area contributed by atoms with Crippen LogP contribution in [0.15, 0.2) is 36.4 Å². The molecule has 2 aromatic rings. The van der Waals surface area contributed by atoms with Gasteiger partial charge in [-0.15, -0.1) is 0 Å². The van der Waals surface area contributed by atoms with Crippen molar-refractivity contribution in [1.29, 1.82) is 0 Å². The largest absolute Gasteiger partial charge is 0.332 e. The number of imide groups is 1. The van der Waals surface area contributed by atoms with E-state index in [2.05, 4.69) is 0 Å². The van der Waals surface area contributed by atoms with Gasteiger partial charge >= 0.3 is 6.03 Å². The Labute approximate surface area is 157 Å². The van der Waals surface area contributed by atoms with E-state index in [4.69, 9.17) is 0 Å². The third-order valence-corrected chi connectivity index (χ3v) is 5.00. The van der Waals surface area contributed by atoms with Gasteiger partial charge in [-0.1, -0.05) is 6.07 Å². The van der Waals surface area contributed by atoms with E-state index >= 15 is 0 Å². The molecule has 0 N–H and O–H groups in total. The van der Waals surface area contributed by atoms with Crippen LogP contribution in [0.3, 0.4) is 0 Å². The van der Waals surface area contributed by atoms with E-state index in [1.807, 2.05) is 26.8 Å². The zero-order valence-electron chi connectivity index (χ0n) is 15.7. The van der Waals surface area contributed by atoms with Gasteiger partial charge in [0.1, 0.15) is 11.9 Å². The first-order chi connectivity index (χ1) is 12.7. The summed E-state index contributed by atoms with van der Waals surface area (Å²) in [5.41, 5.74) is 3.79. The first kappa shape index (κ1) is 18.8. The van der Waals surface area contributed by atoms with Crippen LogP contribution in [0.25, 0.3) is 0 Å². The quantitative estimate of drug-likeness (QED) is 0.609. The molecule has 6 heteroatoms. The molecule has 0 aromatic heterocycles. The van der Waals surface area contributed by atoms with Crippen molar-refractivity contribution in [3.63, 3.8) is 0 Å². The van der Waals surface area contributed by atoms with Gasteiger partial charge in [0.2, 0.25) is 0 Å². The van der Waals surface area contributed by atoms with Gasteiger partial charge in [0.25, 0.3) is 5.91 Å². The van der Waals surface area contributed by atoms with Crippen LogP contribution in [0.4, 0.5) is 14.9 Å². The first-order valence-corrected chi connectivity index (χ1v) is 8.72. The molecule has 27 heavy (non-hydrogen) atoms. The highest BCUT2D eigenvalue weighted by molar-refractivity contribution is 6.16. The lowest BCUT2D eigenvalue weighted by Gasteiger charge is -2.19. The Hall–Kier alpha value is -3.02. The predicted octanol–water partition coefficient (Wildman–Crippen LogP) is 3.79. The Morgan fingerprint density at radius 2 is 1.59 bits per heavy atom. The van der Waals surface area contributed by atoms with Crippen LogP contribution in [0.2, 0.25) is 0 Å². The van der Waals surface area contributed by atoms with Crippen molar-refractivity contribution >= 4 is 23.4 Å². The summed E-state index contributed by atoms with van der Waals surface area (Å²) in [5.74, 6) is -1.16. The van der Waals surface area contributed by atoms with Gasteiger partial charge in [0, 0.05) is 11.3 Å². The molecule has 0 aliphatic carbocycles. The average Bonchev–Trinajstić information content (AvgIpc) is 2.82. The molecule has 1 saturated heterocycles. The predicted molar refractivity (Wildman–Crippen MR) is 100 cm³/mol. The van der Waals surface area contributed by atoms with E-state index in [0.717, 1.165) is 21.6 Å². The summed E-state index contributed by atoms with van der Waals surface area (Å²) in [6, 6.07) is 7.72. The Morgan fingerprint density at radius 3 is 2.22 bits per heavy atom. The summed E-state index contributed by atoms with van der Waals surface area (Å²) >= 11 is 0. The van der Waals surface area contributed by atoms with Crippen molar-refractivity contribution in [2.75, 3.05) is 11.4 Å². The number of halogens is 1. The molecule has 2 aromatic carbocycles. The van der Waals surface area contributed by atoms with Gasteiger partial charge in [-0.3, -0.25) is 19.4 Å². The minimum Gasteiger partial charge on any atom is -0.292 e. The molecular weight excluding hydrogens is 347 g/mol. The van der Waals surface area contributed by atoms with Crippen molar-refractivity contribution < 1.29 is 18.8 Å². The van der Waals surface area contributed by atoms with Gasteiger partial charge < -0.3 is 0 Å². The number of benzene rings is 2. The van der Waals surface area contributed by atoms with Crippen molar-refractivity contribution in [1.82, 2.24) is 4.90 Å². The van der Waals surface area contributed by atoms with Crippen LogP contribution in [-0.2, 0) is 4.79 Å². The fourth-order valence-corrected chi connectivity index (χ4v) is 3.30. The normalized spacial score (nSPS) is 17.0. The maximum absolute atomic E-state index is 13.2. The fraction of sp³-hybridized carbons (Fsp3) is 0.286. The van der Waals surface area contributed by atoms with E-state index in [0.29, 0.717) is 11.3 Å². The molecule has 3 rings (SSSR count). The van der Waals surface area contributed by atoms with E-state index in [-0.39, 0.29) is 12.3 Å². The monoisotopic (exact) mass is 368 g/mol. The number of urea groups is 1. The fourth-order valence-electron chi connectivity index (χ4n) is 3.30. The molecule has 1 aliphatic heterocycles. The molecule has 1 atom stereocenters. The van der Waals surface area contributed by atoms with Crippen LogP contribution in [0.5, 0.6) is 0 Å². The van der Waals surface area contributed by atoms with Crippen LogP contribution >= 0.6 is 0 Å². The SMILES string of the molecule is Cc1cc(C)c(C(=O)CN2C(=O)C(C)N(c3ccc(F)cc3)C2=O)cc1C. The Kier molecular flexibility index (Phi) is 4.83. The van der Waals surface area contributed by atoms with E-state index in [1.54, 1.807) is 13.0 Å². The van der Waals surface area contributed by atoms with E-state index < -0.39 is 23.8 Å². The molecule has 1 unspecified atom stereocenters. The topological polar surface area (TPSA) is 57.7 Å². The molecule has 1 fully saturated rings. The standard InChI is InChI=1S/C21H21FN2O3/c1-12-9-14(3)18(10-13(12)2)19(25)11-23-20(26)15(4)24(21(23)27)17-7-5-16(22)6-8-17/h5-10,15H,11H2,1-4H3. The maximum atomic E-state index is 13.2. The number of Topliss-reactive ketones (excluding diaryl/α,β-unsaturated/α-hetero) is 1. The van der Waals surface area contributed by atoms with Gasteiger partial charge in [0.15, 0.2) is 5.78 Å². The summed E-state index contributed by atoms with van der Waals surface area (Å²) in [6.45, 7) is 6.99. The van der Waals surface area contributed by atoms with Crippen LogP contribution in [0, 0.1) is 26.6 Å². The molecule has 5 nitrogen and oxygen atoms in total. The second kappa shape index (κ2) is 6.95. The van der Waals surface area contributed by atoms with Crippen molar-refractivity contribution in [3.05, 3.63) is 64.5 Å². The minimum absolute atomic E-state index is 0.287. The molecule has 1 heterocycles. The van der Waals surface area contributed by atoms with Gasteiger partial charge in [-0.25, -0.2) is 9.18 Å². The number of anilines is 1. The van der Waals surface area contributed by atoms with Crippen LogP contribution in [0.1, 0.15) is 34.0 Å². The summed E-state index contributed by atoms with van der Waals surface area (Å²) < 4.78 is 13.2. The number of nitrogens with zero attached hydrogens (tertiary/aromatic N) is 2. The molecular formula is C21H21FN2O3. The summed E-state index contributed by atoms with van der Waals surface area (Å²) in [6.07, 6.45) is 0. The number of ketones is 1. The molecule has 0 bridgehead atoms. The number of rotatable bonds is 4. The average molecular weight is 368 g/mol. The maximum Gasteiger partial charge on any atom is 0.332 e. The Bertz CT molecular complexity index is 937. The third kappa shape index (κ3) is 3.35. The summed E-state index contributed by atoms with van der Waals surface area (Å²) in [4.78, 5) is 40.3. The highest BCUT2D eigenvalue weighted by Crippen LogP contribution is 2.26. The zero-order chi connectivity index (χ0) is 19.9. The Balaban J connectivity index is 1.86. The molecule has 3 amide bonds. The van der Waals surface area contributed by atoms with Gasteiger partial charge in [0.05, 0.1) is 6.54 Å². The van der Waals surface area contributed by atoms with Crippen LogP contribution in [-0.4, -0.2) is 35.2 Å². The highest BCUT2D eigenvalue weighted by atomic mass is 19.1. The smallest absolute Gasteiger partial charge is 0.292 e. The third-order valence-electron chi connectivity index (χ3n) is 5.00. The molecule has 0 saturated carbocycles. The number of amides is 3. The second-order valence-electron chi connectivity index (χ2n) is 6.90.